The second-order valence-corrected chi connectivity index (χ2v) is 8.22. The summed E-state index contributed by atoms with van der Waals surface area (Å²) in [7, 11) is 4.62. The van der Waals surface area contributed by atoms with Crippen molar-refractivity contribution in [2.45, 2.75) is 26.3 Å². The molecule has 0 saturated carbocycles. The number of ether oxygens (including phenoxy) is 3. The number of likely N-dealkylation sites (tertiary alicyclic amines) is 1. The summed E-state index contributed by atoms with van der Waals surface area (Å²) >= 11 is 0. The highest BCUT2D eigenvalue weighted by Crippen LogP contribution is 2.42. The van der Waals surface area contributed by atoms with Crippen molar-refractivity contribution >= 4 is 17.4 Å². The van der Waals surface area contributed by atoms with Gasteiger partial charge < -0.3 is 29.1 Å². The summed E-state index contributed by atoms with van der Waals surface area (Å²) in [5.74, 6) is 0.0697. The molecule has 1 aliphatic heterocycles. The van der Waals surface area contributed by atoms with Crippen LogP contribution in [0.2, 0.25) is 0 Å². The molecular formula is C27H34N2O6. The van der Waals surface area contributed by atoms with E-state index in [2.05, 4.69) is 18.7 Å². The lowest BCUT2D eigenvalue weighted by molar-refractivity contribution is -0.140. The molecule has 188 valence electrons. The molecule has 0 aromatic heterocycles. The van der Waals surface area contributed by atoms with E-state index in [1.165, 1.54) is 7.11 Å². The van der Waals surface area contributed by atoms with E-state index in [1.807, 2.05) is 0 Å². The van der Waals surface area contributed by atoms with Gasteiger partial charge in [0.25, 0.3) is 11.7 Å². The van der Waals surface area contributed by atoms with Gasteiger partial charge in [0.15, 0.2) is 11.5 Å². The molecule has 2 aromatic carbocycles. The zero-order valence-electron chi connectivity index (χ0n) is 21.0. The van der Waals surface area contributed by atoms with Crippen LogP contribution in [0.1, 0.15) is 37.4 Å². The van der Waals surface area contributed by atoms with E-state index < -0.39 is 17.7 Å². The Labute approximate surface area is 206 Å². The van der Waals surface area contributed by atoms with E-state index in [-0.39, 0.29) is 11.3 Å². The average Bonchev–Trinajstić information content (AvgIpc) is 3.15. The maximum Gasteiger partial charge on any atom is 0.295 e. The highest BCUT2D eigenvalue weighted by atomic mass is 16.5. The zero-order valence-corrected chi connectivity index (χ0v) is 21.0. The van der Waals surface area contributed by atoms with E-state index in [0.717, 1.165) is 19.6 Å². The molecule has 1 saturated heterocycles. The number of aliphatic hydroxyl groups excluding tert-OH is 1. The Morgan fingerprint density at radius 2 is 1.60 bits per heavy atom. The van der Waals surface area contributed by atoms with Gasteiger partial charge >= 0.3 is 0 Å². The minimum Gasteiger partial charge on any atom is -0.507 e. The molecule has 1 amide bonds. The van der Waals surface area contributed by atoms with E-state index in [0.29, 0.717) is 41.3 Å². The summed E-state index contributed by atoms with van der Waals surface area (Å²) in [4.78, 5) is 30.2. The number of rotatable bonds is 11. The first-order chi connectivity index (χ1) is 16.9. The molecule has 3 rings (SSSR count). The number of hydrogen-bond acceptors (Lipinski definition) is 7. The molecule has 1 aliphatic rings. The number of aliphatic hydroxyl groups is 1. The van der Waals surface area contributed by atoms with Crippen molar-refractivity contribution in [3.63, 3.8) is 0 Å². The predicted octanol–water partition coefficient (Wildman–Crippen LogP) is 3.87. The maximum absolute atomic E-state index is 13.2. The molecule has 8 heteroatoms. The highest BCUT2D eigenvalue weighted by Gasteiger charge is 2.46. The van der Waals surface area contributed by atoms with Crippen LogP contribution in [0.4, 0.5) is 0 Å². The van der Waals surface area contributed by atoms with Gasteiger partial charge in [-0.05, 0) is 68.0 Å². The number of ketones is 1. The van der Waals surface area contributed by atoms with Crippen LogP contribution in [-0.4, -0.2) is 74.1 Å². The van der Waals surface area contributed by atoms with E-state index in [4.69, 9.17) is 14.2 Å². The van der Waals surface area contributed by atoms with Gasteiger partial charge in [0, 0.05) is 12.1 Å². The Morgan fingerprint density at radius 1 is 0.943 bits per heavy atom. The maximum atomic E-state index is 13.2. The lowest BCUT2D eigenvalue weighted by atomic mass is 9.95. The van der Waals surface area contributed by atoms with Gasteiger partial charge in [0.2, 0.25) is 0 Å². The number of methoxy groups -OCH3 is 3. The first kappa shape index (κ1) is 26.1. The van der Waals surface area contributed by atoms with Crippen LogP contribution >= 0.6 is 0 Å². The molecule has 1 fully saturated rings. The van der Waals surface area contributed by atoms with Gasteiger partial charge in [-0.25, -0.2) is 0 Å². The number of benzene rings is 2. The van der Waals surface area contributed by atoms with Crippen LogP contribution in [0.15, 0.2) is 48.0 Å². The Balaban J connectivity index is 2.08. The zero-order chi connectivity index (χ0) is 25.5. The fourth-order valence-corrected chi connectivity index (χ4v) is 4.39. The minimum atomic E-state index is -0.756. The third kappa shape index (κ3) is 5.43. The molecule has 1 atom stereocenters. The Morgan fingerprint density at radius 3 is 2.17 bits per heavy atom. The predicted molar refractivity (Wildman–Crippen MR) is 134 cm³/mol. The van der Waals surface area contributed by atoms with Crippen LogP contribution in [-0.2, 0) is 9.59 Å². The molecule has 2 aromatic rings. The second-order valence-electron chi connectivity index (χ2n) is 8.22. The number of nitrogens with zero attached hydrogens (tertiary/aromatic N) is 2. The van der Waals surface area contributed by atoms with Crippen molar-refractivity contribution in [2.75, 3.05) is 47.5 Å². The number of carbonyl (C=O) groups excluding carboxylic acids is 2. The van der Waals surface area contributed by atoms with Crippen LogP contribution in [0.5, 0.6) is 17.2 Å². The minimum absolute atomic E-state index is 0.0511. The van der Waals surface area contributed by atoms with Crippen molar-refractivity contribution < 1.29 is 28.9 Å². The summed E-state index contributed by atoms with van der Waals surface area (Å²) in [5.41, 5.74) is 1.13. The van der Waals surface area contributed by atoms with Crippen molar-refractivity contribution in [3.8, 4) is 17.2 Å². The van der Waals surface area contributed by atoms with E-state index in [1.54, 1.807) is 61.6 Å². The molecular weight excluding hydrogens is 448 g/mol. The molecule has 8 nitrogen and oxygen atoms in total. The van der Waals surface area contributed by atoms with Crippen molar-refractivity contribution in [1.29, 1.82) is 0 Å². The summed E-state index contributed by atoms with van der Waals surface area (Å²) in [6, 6.07) is 11.2. The SMILES string of the molecule is CCN(CC)CCCN1C(=O)C(=O)C(=C(O)c2ccc(OC)cc2)[C@H]1c1ccc(OC)c(OC)c1. The van der Waals surface area contributed by atoms with E-state index in [9.17, 15) is 14.7 Å². The number of hydrogen-bond donors (Lipinski definition) is 1. The number of carbonyl (C=O) groups is 2. The lowest BCUT2D eigenvalue weighted by Gasteiger charge is -2.27. The van der Waals surface area contributed by atoms with Crippen LogP contribution < -0.4 is 14.2 Å². The van der Waals surface area contributed by atoms with Crippen LogP contribution in [0.25, 0.3) is 5.76 Å². The Hall–Kier alpha value is -3.52. The van der Waals surface area contributed by atoms with Crippen molar-refractivity contribution in [2.24, 2.45) is 0 Å². The molecule has 0 aliphatic carbocycles. The third-order valence-corrected chi connectivity index (χ3v) is 6.39. The Kier molecular flexibility index (Phi) is 8.76. The van der Waals surface area contributed by atoms with Gasteiger partial charge in [0.05, 0.1) is 32.9 Å². The number of amides is 1. The highest BCUT2D eigenvalue weighted by molar-refractivity contribution is 6.46. The first-order valence-electron chi connectivity index (χ1n) is 11.8. The molecule has 0 unspecified atom stereocenters. The molecule has 1 heterocycles. The van der Waals surface area contributed by atoms with Crippen LogP contribution in [0.3, 0.4) is 0 Å². The summed E-state index contributed by atoms with van der Waals surface area (Å²) < 4.78 is 16.0. The fourth-order valence-electron chi connectivity index (χ4n) is 4.39. The van der Waals surface area contributed by atoms with Gasteiger partial charge in [-0.2, -0.15) is 0 Å². The van der Waals surface area contributed by atoms with Gasteiger partial charge in [-0.3, -0.25) is 9.59 Å². The standard InChI is InChI=1S/C27H34N2O6/c1-6-28(7-2)15-8-16-29-24(19-11-14-21(34-4)22(17-19)35-5)23(26(31)27(29)32)25(30)18-9-12-20(33-3)13-10-18/h9-14,17,24,30H,6-8,15-16H2,1-5H3/t24-/m1/s1. The monoisotopic (exact) mass is 482 g/mol. The molecule has 0 radical (unpaired) electrons. The quantitative estimate of drug-likeness (QED) is 0.296. The van der Waals surface area contributed by atoms with Crippen molar-refractivity contribution in [3.05, 3.63) is 59.2 Å². The third-order valence-electron chi connectivity index (χ3n) is 6.39. The first-order valence-corrected chi connectivity index (χ1v) is 11.8. The smallest absolute Gasteiger partial charge is 0.295 e. The summed E-state index contributed by atoms with van der Waals surface area (Å²) in [6.45, 7) is 7.17. The molecule has 35 heavy (non-hydrogen) atoms. The Bertz CT molecular complexity index is 1080. The van der Waals surface area contributed by atoms with Gasteiger partial charge in [0.1, 0.15) is 11.5 Å². The van der Waals surface area contributed by atoms with E-state index >= 15 is 0 Å². The average molecular weight is 483 g/mol. The fraction of sp³-hybridized carbons (Fsp3) is 0.407. The second kappa shape index (κ2) is 11.8. The molecule has 0 bridgehead atoms. The molecule has 0 spiro atoms. The number of Topliss-reactive ketones (excluding diaryl/α,β-unsaturated/α-hetero) is 1. The normalized spacial score (nSPS) is 17.2. The van der Waals surface area contributed by atoms with Gasteiger partial charge in [-0.1, -0.05) is 19.9 Å². The largest absolute Gasteiger partial charge is 0.507 e. The van der Waals surface area contributed by atoms with Gasteiger partial charge in [-0.15, -0.1) is 0 Å². The topological polar surface area (TPSA) is 88.5 Å². The lowest BCUT2D eigenvalue weighted by Crippen LogP contribution is -2.33. The summed E-state index contributed by atoms with van der Waals surface area (Å²) in [5, 5.41) is 11.2. The molecule has 1 N–H and O–H groups in total. The van der Waals surface area contributed by atoms with Crippen LogP contribution in [0, 0.1) is 0 Å². The van der Waals surface area contributed by atoms with Crippen molar-refractivity contribution in [1.82, 2.24) is 9.80 Å². The summed E-state index contributed by atoms with van der Waals surface area (Å²) in [6.07, 6.45) is 0.696.